The lowest BCUT2D eigenvalue weighted by Crippen LogP contribution is -2.27. The second-order valence-corrected chi connectivity index (χ2v) is 6.64. The van der Waals surface area contributed by atoms with Crippen LogP contribution in [0.25, 0.3) is 0 Å². The molecule has 0 spiro atoms. The first-order valence-corrected chi connectivity index (χ1v) is 8.65. The van der Waals surface area contributed by atoms with Gasteiger partial charge in [0.15, 0.2) is 29.3 Å². The molecule has 27 heavy (non-hydrogen) atoms. The summed E-state index contributed by atoms with van der Waals surface area (Å²) < 4.78 is 15.6. The number of rotatable bonds is 6. The normalized spacial score (nSPS) is 23.2. The third-order valence-corrected chi connectivity index (χ3v) is 5.04. The Bertz CT molecular complexity index is 792. The predicted octanol–water partition coefficient (Wildman–Crippen LogP) is 1.97. The van der Waals surface area contributed by atoms with Gasteiger partial charge in [0, 0.05) is 11.8 Å². The van der Waals surface area contributed by atoms with Gasteiger partial charge in [0.2, 0.25) is 0 Å². The predicted molar refractivity (Wildman–Crippen MR) is 96.9 cm³/mol. The zero-order chi connectivity index (χ0) is 19.6. The maximum atomic E-state index is 10.8. The molecule has 1 saturated heterocycles. The van der Waals surface area contributed by atoms with Gasteiger partial charge in [-0.2, -0.15) is 0 Å². The van der Waals surface area contributed by atoms with Crippen LogP contribution in [0.15, 0.2) is 36.4 Å². The molecule has 3 rings (SSSR count). The molecule has 146 valence electrons. The van der Waals surface area contributed by atoms with Crippen molar-refractivity contribution in [1.82, 2.24) is 0 Å². The highest BCUT2D eigenvalue weighted by molar-refractivity contribution is 5.43. The number of benzene rings is 2. The standard InChI is InChI=1S/C20H24O7/c1-25-17-8-11(3-5-15(17)21)7-13-14(10-27-20(13)24)19(23)12-4-6-16(22)18(9-12)26-2/h3-6,8-9,13-14,19-24H,7,10H2,1-2H3/t13-,14?,19?,20?/m1/s1. The van der Waals surface area contributed by atoms with Gasteiger partial charge in [-0.1, -0.05) is 12.1 Å². The Hall–Kier alpha value is -2.48. The van der Waals surface area contributed by atoms with Crippen LogP contribution in [0.4, 0.5) is 0 Å². The van der Waals surface area contributed by atoms with Crippen LogP contribution in [-0.2, 0) is 11.2 Å². The van der Waals surface area contributed by atoms with Gasteiger partial charge < -0.3 is 34.6 Å². The average molecular weight is 376 g/mol. The number of ether oxygens (including phenoxy) is 3. The molecular formula is C20H24O7. The summed E-state index contributed by atoms with van der Waals surface area (Å²) in [6, 6.07) is 9.64. The van der Waals surface area contributed by atoms with E-state index in [-0.39, 0.29) is 35.7 Å². The number of hydrogen-bond donors (Lipinski definition) is 4. The van der Waals surface area contributed by atoms with Gasteiger partial charge in [0.1, 0.15) is 0 Å². The van der Waals surface area contributed by atoms with E-state index in [9.17, 15) is 20.4 Å². The highest BCUT2D eigenvalue weighted by Gasteiger charge is 2.41. The van der Waals surface area contributed by atoms with Gasteiger partial charge in [-0.25, -0.2) is 0 Å². The zero-order valence-electron chi connectivity index (χ0n) is 15.2. The summed E-state index contributed by atoms with van der Waals surface area (Å²) in [5.74, 6) is -0.0589. The minimum Gasteiger partial charge on any atom is -0.504 e. The van der Waals surface area contributed by atoms with Crippen LogP contribution < -0.4 is 9.47 Å². The maximum absolute atomic E-state index is 10.8. The molecule has 0 saturated carbocycles. The molecule has 0 bridgehead atoms. The van der Waals surface area contributed by atoms with Crippen molar-refractivity contribution in [3.8, 4) is 23.0 Å². The molecule has 4 N–H and O–H groups in total. The Morgan fingerprint density at radius 1 is 1.04 bits per heavy atom. The smallest absolute Gasteiger partial charge is 0.160 e. The van der Waals surface area contributed by atoms with Crippen molar-refractivity contribution < 1.29 is 34.6 Å². The summed E-state index contributed by atoms with van der Waals surface area (Å²) in [6.45, 7) is 0.200. The Labute approximate surface area is 157 Å². The van der Waals surface area contributed by atoms with Crippen LogP contribution in [-0.4, -0.2) is 47.5 Å². The van der Waals surface area contributed by atoms with Crippen LogP contribution in [0, 0.1) is 11.8 Å². The number of phenolic OH excluding ortho intramolecular Hbond substituents is 2. The van der Waals surface area contributed by atoms with Gasteiger partial charge in [-0.3, -0.25) is 0 Å². The fourth-order valence-electron chi connectivity index (χ4n) is 3.49. The van der Waals surface area contributed by atoms with Crippen molar-refractivity contribution in [3.63, 3.8) is 0 Å². The fraction of sp³-hybridized carbons (Fsp3) is 0.400. The quantitative estimate of drug-likeness (QED) is 0.610. The number of aliphatic hydroxyl groups is 2. The van der Waals surface area contributed by atoms with Gasteiger partial charge in [-0.15, -0.1) is 0 Å². The Balaban J connectivity index is 1.82. The van der Waals surface area contributed by atoms with E-state index < -0.39 is 12.4 Å². The number of methoxy groups -OCH3 is 2. The van der Waals surface area contributed by atoms with Gasteiger partial charge in [0.05, 0.1) is 26.9 Å². The summed E-state index contributed by atoms with van der Waals surface area (Å²) in [5.41, 5.74) is 1.42. The van der Waals surface area contributed by atoms with Crippen molar-refractivity contribution >= 4 is 0 Å². The van der Waals surface area contributed by atoms with E-state index in [0.717, 1.165) is 5.56 Å². The molecule has 1 aliphatic rings. The molecule has 3 unspecified atom stereocenters. The molecular weight excluding hydrogens is 352 g/mol. The molecule has 0 aliphatic carbocycles. The molecule has 2 aromatic carbocycles. The average Bonchev–Trinajstić information content (AvgIpc) is 3.03. The van der Waals surface area contributed by atoms with Crippen LogP contribution in [0.2, 0.25) is 0 Å². The number of hydrogen-bond acceptors (Lipinski definition) is 7. The van der Waals surface area contributed by atoms with E-state index in [4.69, 9.17) is 14.2 Å². The van der Waals surface area contributed by atoms with E-state index in [1.165, 1.54) is 26.4 Å². The highest BCUT2D eigenvalue weighted by Crippen LogP contribution is 2.40. The summed E-state index contributed by atoms with van der Waals surface area (Å²) >= 11 is 0. The lowest BCUT2D eigenvalue weighted by Gasteiger charge is -2.25. The Morgan fingerprint density at radius 2 is 1.67 bits per heavy atom. The second kappa shape index (κ2) is 8.04. The van der Waals surface area contributed by atoms with Crippen LogP contribution in [0.3, 0.4) is 0 Å². The highest BCUT2D eigenvalue weighted by atomic mass is 16.6. The van der Waals surface area contributed by atoms with Crippen molar-refractivity contribution in [3.05, 3.63) is 47.5 Å². The Kier molecular flexibility index (Phi) is 5.74. The second-order valence-electron chi connectivity index (χ2n) is 6.64. The minimum atomic E-state index is -1.01. The van der Waals surface area contributed by atoms with Crippen molar-refractivity contribution in [2.75, 3.05) is 20.8 Å². The van der Waals surface area contributed by atoms with Crippen molar-refractivity contribution in [2.45, 2.75) is 18.8 Å². The molecule has 7 nitrogen and oxygen atoms in total. The topological polar surface area (TPSA) is 109 Å². The first kappa shape index (κ1) is 19.3. The first-order valence-electron chi connectivity index (χ1n) is 8.65. The van der Waals surface area contributed by atoms with E-state index in [2.05, 4.69) is 0 Å². The van der Waals surface area contributed by atoms with Gasteiger partial charge in [-0.05, 0) is 41.8 Å². The van der Waals surface area contributed by atoms with Crippen LogP contribution in [0.5, 0.6) is 23.0 Å². The third kappa shape index (κ3) is 3.95. The van der Waals surface area contributed by atoms with Crippen LogP contribution >= 0.6 is 0 Å². The van der Waals surface area contributed by atoms with E-state index >= 15 is 0 Å². The van der Waals surface area contributed by atoms with E-state index in [0.29, 0.717) is 17.7 Å². The summed E-state index contributed by atoms with van der Waals surface area (Å²) in [5, 5.41) is 40.6. The maximum Gasteiger partial charge on any atom is 0.160 e. The molecule has 0 radical (unpaired) electrons. The Morgan fingerprint density at radius 3 is 2.33 bits per heavy atom. The molecule has 2 aromatic rings. The third-order valence-electron chi connectivity index (χ3n) is 5.04. The van der Waals surface area contributed by atoms with Gasteiger partial charge >= 0.3 is 0 Å². The van der Waals surface area contributed by atoms with Gasteiger partial charge in [0.25, 0.3) is 0 Å². The number of aromatic hydroxyl groups is 2. The molecule has 1 heterocycles. The number of phenols is 2. The molecule has 1 fully saturated rings. The SMILES string of the molecule is COc1cc(C[C@H]2C(O)OCC2C(O)c2ccc(O)c(OC)c2)ccc1O. The molecule has 0 aromatic heterocycles. The lowest BCUT2D eigenvalue weighted by molar-refractivity contribution is -0.0823. The molecule has 7 heteroatoms. The summed E-state index contributed by atoms with van der Waals surface area (Å²) in [6.07, 6.45) is -1.47. The monoisotopic (exact) mass is 376 g/mol. The lowest BCUT2D eigenvalue weighted by atomic mass is 9.82. The van der Waals surface area contributed by atoms with Crippen molar-refractivity contribution in [1.29, 1.82) is 0 Å². The first-order chi connectivity index (χ1) is 12.9. The van der Waals surface area contributed by atoms with E-state index in [1.807, 2.05) is 0 Å². The largest absolute Gasteiger partial charge is 0.504 e. The molecule has 1 aliphatic heterocycles. The van der Waals surface area contributed by atoms with E-state index in [1.54, 1.807) is 24.3 Å². The van der Waals surface area contributed by atoms with Crippen molar-refractivity contribution in [2.24, 2.45) is 11.8 Å². The van der Waals surface area contributed by atoms with Crippen LogP contribution in [0.1, 0.15) is 17.2 Å². The zero-order valence-corrected chi connectivity index (χ0v) is 15.2. The molecule has 0 amide bonds. The number of aliphatic hydroxyl groups excluding tert-OH is 2. The summed E-state index contributed by atoms with van der Waals surface area (Å²) in [7, 11) is 2.91. The fourth-order valence-corrected chi connectivity index (χ4v) is 3.49. The molecule has 4 atom stereocenters. The summed E-state index contributed by atoms with van der Waals surface area (Å²) in [4.78, 5) is 0. The minimum absolute atomic E-state index is 0.0103.